The summed E-state index contributed by atoms with van der Waals surface area (Å²) in [6.45, 7) is 5.78. The predicted octanol–water partition coefficient (Wildman–Crippen LogP) is 0.752. The minimum absolute atomic E-state index is 0.187. The molecule has 5 nitrogen and oxygen atoms in total. The highest BCUT2D eigenvalue weighted by Crippen LogP contribution is 2.20. The first-order valence-corrected chi connectivity index (χ1v) is 6.13. The topological polar surface area (TPSA) is 76.2 Å². The molecule has 0 amide bonds. The third-order valence-corrected chi connectivity index (χ3v) is 3.49. The molecule has 3 N–H and O–H groups in total. The van der Waals surface area contributed by atoms with Crippen LogP contribution in [0, 0.1) is 13.8 Å². The molecule has 0 aliphatic heterocycles. The van der Waals surface area contributed by atoms with E-state index in [0.717, 1.165) is 27.9 Å². The molecule has 1 aromatic carbocycles. The number of H-pyrrole nitrogens is 1. The monoisotopic (exact) mass is 253 g/mol. The molecule has 0 bridgehead atoms. The maximum absolute atomic E-state index is 12.1. The van der Waals surface area contributed by atoms with Crippen LogP contribution in [0.15, 0.2) is 16.9 Å². The number of nitrogen functional groups attached to an aromatic ring is 1. The second kappa shape index (κ2) is 3.88. The molecule has 0 aliphatic rings. The first kappa shape index (κ1) is 11.8. The van der Waals surface area contributed by atoms with Crippen LogP contribution < -0.4 is 16.9 Å². The van der Waals surface area contributed by atoms with E-state index in [4.69, 9.17) is 5.73 Å². The lowest BCUT2D eigenvalue weighted by Gasteiger charge is -2.07. The zero-order valence-corrected chi connectivity index (χ0v) is 11.1. The van der Waals surface area contributed by atoms with Crippen molar-refractivity contribution >= 4 is 35.2 Å². The molecule has 1 radical (unpaired) electrons. The van der Waals surface area contributed by atoms with Gasteiger partial charge in [0, 0.05) is 17.0 Å². The van der Waals surface area contributed by atoms with Crippen molar-refractivity contribution in [1.29, 1.82) is 0 Å². The number of rotatable bonds is 1. The van der Waals surface area contributed by atoms with Crippen LogP contribution in [0.1, 0.15) is 11.3 Å². The molecule has 6 heteroatoms. The normalized spacial score (nSPS) is 11.3. The van der Waals surface area contributed by atoms with Crippen LogP contribution in [0.25, 0.3) is 16.7 Å². The number of nitrogens with zero attached hydrogens (tertiary/aromatic N) is 2. The van der Waals surface area contributed by atoms with Gasteiger partial charge < -0.3 is 10.7 Å². The summed E-state index contributed by atoms with van der Waals surface area (Å²) in [7, 11) is 1.89. The zero-order valence-electron chi connectivity index (χ0n) is 11.1. The third-order valence-electron chi connectivity index (χ3n) is 3.49. The van der Waals surface area contributed by atoms with Crippen LogP contribution >= 0.6 is 0 Å². The molecule has 3 rings (SSSR count). The van der Waals surface area contributed by atoms with Crippen molar-refractivity contribution in [3.8, 4) is 0 Å². The van der Waals surface area contributed by atoms with Gasteiger partial charge in [-0.2, -0.15) is 0 Å². The van der Waals surface area contributed by atoms with E-state index in [1.54, 1.807) is 0 Å². The van der Waals surface area contributed by atoms with Crippen LogP contribution in [-0.4, -0.2) is 21.6 Å². The number of aryl methyl sites for hydroxylation is 2. The number of aromatic nitrogens is 3. The van der Waals surface area contributed by atoms with E-state index in [-0.39, 0.29) is 5.56 Å². The highest BCUT2D eigenvalue weighted by atomic mass is 16.1. The van der Waals surface area contributed by atoms with Crippen molar-refractivity contribution < 1.29 is 0 Å². The first-order chi connectivity index (χ1) is 9.02. The quantitative estimate of drug-likeness (QED) is 0.496. The Morgan fingerprint density at radius 2 is 2.11 bits per heavy atom. The Kier molecular flexibility index (Phi) is 2.42. The second-order valence-corrected chi connectivity index (χ2v) is 4.71. The van der Waals surface area contributed by atoms with Gasteiger partial charge in [-0.25, -0.2) is 4.98 Å². The lowest BCUT2D eigenvalue weighted by molar-refractivity contribution is 1.12. The van der Waals surface area contributed by atoms with Crippen LogP contribution in [0.5, 0.6) is 0 Å². The van der Waals surface area contributed by atoms with E-state index in [9.17, 15) is 4.79 Å². The molecule has 0 atom stereocenters. The maximum Gasteiger partial charge on any atom is 0.292 e. The van der Waals surface area contributed by atoms with Gasteiger partial charge in [0.25, 0.3) is 5.56 Å². The van der Waals surface area contributed by atoms with Gasteiger partial charge in [-0.15, -0.1) is 0 Å². The van der Waals surface area contributed by atoms with Gasteiger partial charge in [0.05, 0.1) is 11.0 Å². The summed E-state index contributed by atoms with van der Waals surface area (Å²) >= 11 is 0. The number of fused-ring (bicyclic) bond motifs is 3. The lowest BCUT2D eigenvalue weighted by atomic mass is 9.77. The Labute approximate surface area is 110 Å². The summed E-state index contributed by atoms with van der Waals surface area (Å²) in [5, 5.41) is 0. The number of benzene rings is 1. The third kappa shape index (κ3) is 1.56. The zero-order chi connectivity index (χ0) is 13.7. The van der Waals surface area contributed by atoms with Crippen molar-refractivity contribution in [3.63, 3.8) is 0 Å². The number of hydrogen-bond donors (Lipinski definition) is 2. The Balaban J connectivity index is 2.61. The molecule has 0 fully saturated rings. The fourth-order valence-corrected chi connectivity index (χ4v) is 2.41. The molecule has 0 saturated carbocycles. The van der Waals surface area contributed by atoms with Crippen molar-refractivity contribution in [2.75, 3.05) is 5.73 Å². The van der Waals surface area contributed by atoms with Gasteiger partial charge in [-0.1, -0.05) is 6.82 Å². The Hall–Kier alpha value is -2.24. The van der Waals surface area contributed by atoms with E-state index < -0.39 is 0 Å². The van der Waals surface area contributed by atoms with Gasteiger partial charge in [-0.3, -0.25) is 9.20 Å². The Morgan fingerprint density at radius 3 is 2.79 bits per heavy atom. The molecule has 3 aromatic rings. The van der Waals surface area contributed by atoms with E-state index in [0.29, 0.717) is 11.3 Å². The second-order valence-electron chi connectivity index (χ2n) is 4.71. The summed E-state index contributed by atoms with van der Waals surface area (Å²) in [4.78, 5) is 19.3. The standard InChI is InChI=1S/C13H14BN4O/c1-6-4-9-10(5-8(6)15)18-7(2)11(14-3)17-12(18)13(19)16-9/h4-5H,15H2,1-3H3,(H,16,19). The van der Waals surface area contributed by atoms with E-state index in [1.807, 2.05) is 44.5 Å². The van der Waals surface area contributed by atoms with Crippen molar-refractivity contribution in [1.82, 2.24) is 14.4 Å². The maximum atomic E-state index is 12.1. The van der Waals surface area contributed by atoms with Crippen molar-refractivity contribution in [2.24, 2.45) is 0 Å². The summed E-state index contributed by atoms with van der Waals surface area (Å²) in [6.07, 6.45) is 0. The van der Waals surface area contributed by atoms with E-state index in [2.05, 4.69) is 9.97 Å². The predicted molar refractivity (Wildman–Crippen MR) is 78.5 cm³/mol. The molecule has 0 spiro atoms. The smallest absolute Gasteiger partial charge is 0.292 e. The molecule has 0 unspecified atom stereocenters. The Morgan fingerprint density at radius 1 is 1.37 bits per heavy atom. The lowest BCUT2D eigenvalue weighted by Crippen LogP contribution is -2.15. The molecule has 0 aliphatic carbocycles. The van der Waals surface area contributed by atoms with Crippen molar-refractivity contribution in [3.05, 3.63) is 33.7 Å². The number of aromatic amines is 1. The van der Waals surface area contributed by atoms with Gasteiger partial charge in [0.2, 0.25) is 5.65 Å². The highest BCUT2D eigenvalue weighted by molar-refractivity contribution is 6.51. The molecule has 95 valence electrons. The summed E-state index contributed by atoms with van der Waals surface area (Å²) in [5.41, 5.74) is 11.2. The largest absolute Gasteiger partial charge is 0.398 e. The first-order valence-electron chi connectivity index (χ1n) is 6.13. The number of nitrogens with two attached hydrogens (primary N) is 1. The van der Waals surface area contributed by atoms with Crippen LogP contribution in [-0.2, 0) is 0 Å². The molecule has 2 aromatic heterocycles. The fourth-order valence-electron chi connectivity index (χ4n) is 2.41. The van der Waals surface area contributed by atoms with Crippen LogP contribution in [0.4, 0.5) is 5.69 Å². The van der Waals surface area contributed by atoms with Crippen LogP contribution in [0.3, 0.4) is 0 Å². The number of nitrogens with one attached hydrogen (secondary N) is 1. The SMILES string of the molecule is C[B]c1nc2c(=O)[nH]c3cc(C)c(N)cc3n2c1C. The average molecular weight is 253 g/mol. The molecular weight excluding hydrogens is 239 g/mol. The summed E-state index contributed by atoms with van der Waals surface area (Å²) in [5.74, 6) is 0. The number of hydrogen-bond acceptors (Lipinski definition) is 3. The number of imidazole rings is 1. The minimum atomic E-state index is -0.187. The molecular formula is C13H14BN4O. The van der Waals surface area contributed by atoms with E-state index >= 15 is 0 Å². The summed E-state index contributed by atoms with van der Waals surface area (Å²) < 4.78 is 1.86. The Bertz CT molecular complexity index is 863. The van der Waals surface area contributed by atoms with Gasteiger partial charge in [0.1, 0.15) is 0 Å². The fraction of sp³-hybridized carbons (Fsp3) is 0.231. The summed E-state index contributed by atoms with van der Waals surface area (Å²) in [6, 6.07) is 3.77. The molecule has 2 heterocycles. The van der Waals surface area contributed by atoms with Gasteiger partial charge >= 0.3 is 0 Å². The van der Waals surface area contributed by atoms with Gasteiger partial charge in [0.15, 0.2) is 7.28 Å². The molecule has 19 heavy (non-hydrogen) atoms. The van der Waals surface area contributed by atoms with Gasteiger partial charge in [-0.05, 0) is 31.5 Å². The number of anilines is 1. The molecule has 0 saturated heterocycles. The van der Waals surface area contributed by atoms with Crippen LogP contribution in [0.2, 0.25) is 6.82 Å². The van der Waals surface area contributed by atoms with Crippen molar-refractivity contribution in [2.45, 2.75) is 20.7 Å². The van der Waals surface area contributed by atoms with E-state index in [1.165, 1.54) is 0 Å². The highest BCUT2D eigenvalue weighted by Gasteiger charge is 2.13. The average Bonchev–Trinajstić information content (AvgIpc) is 2.70. The minimum Gasteiger partial charge on any atom is -0.398 e.